The summed E-state index contributed by atoms with van der Waals surface area (Å²) in [6, 6.07) is 7.88. The molecule has 0 aliphatic rings. The SMILES string of the molecule is CCOC(=O)Nc1ccc([C@H](C)CC)cc1. The number of anilines is 1. The quantitative estimate of drug-likeness (QED) is 0.840. The van der Waals surface area contributed by atoms with Gasteiger partial charge in [-0.2, -0.15) is 0 Å². The highest BCUT2D eigenvalue weighted by atomic mass is 16.5. The van der Waals surface area contributed by atoms with Crippen LogP contribution >= 0.6 is 0 Å². The molecule has 16 heavy (non-hydrogen) atoms. The molecule has 0 saturated carbocycles. The smallest absolute Gasteiger partial charge is 0.411 e. The molecule has 3 nitrogen and oxygen atoms in total. The van der Waals surface area contributed by atoms with Crippen LogP contribution in [0.2, 0.25) is 0 Å². The number of carbonyl (C=O) groups is 1. The van der Waals surface area contributed by atoms with Crippen molar-refractivity contribution in [2.24, 2.45) is 0 Å². The zero-order valence-corrected chi connectivity index (χ0v) is 10.1. The van der Waals surface area contributed by atoms with Crippen LogP contribution in [0.25, 0.3) is 0 Å². The summed E-state index contributed by atoms with van der Waals surface area (Å²) in [5.41, 5.74) is 2.06. The second-order valence-corrected chi connectivity index (χ2v) is 3.78. The molecule has 0 aliphatic carbocycles. The third-order valence-electron chi connectivity index (χ3n) is 2.61. The van der Waals surface area contributed by atoms with Crippen LogP contribution in [0.1, 0.15) is 38.7 Å². The first-order chi connectivity index (χ1) is 7.67. The average molecular weight is 221 g/mol. The molecule has 1 N–H and O–H groups in total. The number of benzene rings is 1. The standard InChI is InChI=1S/C13H19NO2/c1-4-10(3)11-6-8-12(9-7-11)14-13(15)16-5-2/h6-10H,4-5H2,1-3H3,(H,14,15)/t10-/m1/s1. The molecule has 0 aliphatic heterocycles. The predicted octanol–water partition coefficient (Wildman–Crippen LogP) is 3.77. The van der Waals surface area contributed by atoms with Crippen LogP contribution in [0.5, 0.6) is 0 Å². The predicted molar refractivity (Wildman–Crippen MR) is 65.8 cm³/mol. The first kappa shape index (κ1) is 12.6. The molecule has 0 unspecified atom stereocenters. The topological polar surface area (TPSA) is 38.3 Å². The maximum Gasteiger partial charge on any atom is 0.411 e. The van der Waals surface area contributed by atoms with Crippen molar-refractivity contribution in [2.75, 3.05) is 11.9 Å². The molecule has 1 aromatic carbocycles. The van der Waals surface area contributed by atoms with E-state index in [0.717, 1.165) is 12.1 Å². The summed E-state index contributed by atoms with van der Waals surface area (Å²) in [4.78, 5) is 11.2. The lowest BCUT2D eigenvalue weighted by Crippen LogP contribution is -2.13. The Labute approximate surface area is 96.8 Å². The molecule has 0 saturated heterocycles. The molecule has 1 aromatic rings. The first-order valence-corrected chi connectivity index (χ1v) is 5.71. The van der Waals surface area contributed by atoms with Gasteiger partial charge in [-0.05, 0) is 37.0 Å². The van der Waals surface area contributed by atoms with Gasteiger partial charge in [-0.3, -0.25) is 5.32 Å². The minimum atomic E-state index is -0.404. The minimum Gasteiger partial charge on any atom is -0.450 e. The normalized spacial score (nSPS) is 11.9. The van der Waals surface area contributed by atoms with Crippen molar-refractivity contribution in [3.8, 4) is 0 Å². The first-order valence-electron chi connectivity index (χ1n) is 5.71. The van der Waals surface area contributed by atoms with E-state index in [-0.39, 0.29) is 0 Å². The Morgan fingerprint density at radius 3 is 2.44 bits per heavy atom. The Kier molecular flexibility index (Phi) is 4.83. The fourth-order valence-corrected chi connectivity index (χ4v) is 1.42. The average Bonchev–Trinajstić information content (AvgIpc) is 2.29. The van der Waals surface area contributed by atoms with Crippen molar-refractivity contribution in [1.82, 2.24) is 0 Å². The second-order valence-electron chi connectivity index (χ2n) is 3.78. The summed E-state index contributed by atoms with van der Waals surface area (Å²) in [6.07, 6.45) is 0.712. The van der Waals surface area contributed by atoms with Crippen LogP contribution in [-0.4, -0.2) is 12.7 Å². The molecule has 0 spiro atoms. The number of carbonyl (C=O) groups excluding carboxylic acids is 1. The van der Waals surface area contributed by atoms with Crippen LogP contribution in [0.15, 0.2) is 24.3 Å². The number of amides is 1. The zero-order valence-electron chi connectivity index (χ0n) is 10.1. The Bertz CT molecular complexity index is 332. The van der Waals surface area contributed by atoms with Crippen molar-refractivity contribution >= 4 is 11.8 Å². The van der Waals surface area contributed by atoms with E-state index in [2.05, 4.69) is 19.2 Å². The van der Waals surface area contributed by atoms with Crippen LogP contribution in [0, 0.1) is 0 Å². The van der Waals surface area contributed by atoms with Gasteiger partial charge in [-0.1, -0.05) is 26.0 Å². The number of hydrogen-bond donors (Lipinski definition) is 1. The maximum absolute atomic E-state index is 11.2. The minimum absolute atomic E-state index is 0.386. The molecule has 88 valence electrons. The Balaban J connectivity index is 2.61. The van der Waals surface area contributed by atoms with E-state index < -0.39 is 6.09 Å². The lowest BCUT2D eigenvalue weighted by atomic mass is 9.99. The molecule has 0 fully saturated rings. The van der Waals surface area contributed by atoms with Gasteiger partial charge in [0.05, 0.1) is 6.61 Å². The molecule has 3 heteroatoms. The van der Waals surface area contributed by atoms with E-state index >= 15 is 0 Å². The van der Waals surface area contributed by atoms with Gasteiger partial charge in [0.15, 0.2) is 0 Å². The number of nitrogens with one attached hydrogen (secondary N) is 1. The highest BCUT2D eigenvalue weighted by molar-refractivity contribution is 5.84. The zero-order chi connectivity index (χ0) is 12.0. The van der Waals surface area contributed by atoms with Gasteiger partial charge in [0.1, 0.15) is 0 Å². The van der Waals surface area contributed by atoms with Gasteiger partial charge in [-0.25, -0.2) is 4.79 Å². The van der Waals surface area contributed by atoms with Crippen molar-refractivity contribution < 1.29 is 9.53 Å². The summed E-state index contributed by atoms with van der Waals surface area (Å²) < 4.78 is 4.79. The molecular weight excluding hydrogens is 202 g/mol. The molecule has 1 rings (SSSR count). The number of ether oxygens (including phenoxy) is 1. The van der Waals surface area contributed by atoms with Crippen LogP contribution < -0.4 is 5.32 Å². The van der Waals surface area contributed by atoms with E-state index in [0.29, 0.717) is 12.5 Å². The lowest BCUT2D eigenvalue weighted by molar-refractivity contribution is 0.168. The van der Waals surface area contributed by atoms with Gasteiger partial charge in [-0.15, -0.1) is 0 Å². The van der Waals surface area contributed by atoms with Crippen molar-refractivity contribution in [2.45, 2.75) is 33.1 Å². The van der Waals surface area contributed by atoms with E-state index in [1.54, 1.807) is 6.92 Å². The van der Waals surface area contributed by atoms with E-state index in [1.807, 2.05) is 24.3 Å². The fourth-order valence-electron chi connectivity index (χ4n) is 1.42. The van der Waals surface area contributed by atoms with Gasteiger partial charge < -0.3 is 4.74 Å². The summed E-state index contributed by atoms with van der Waals surface area (Å²) in [7, 11) is 0. The number of hydrogen-bond acceptors (Lipinski definition) is 2. The third-order valence-corrected chi connectivity index (χ3v) is 2.61. The van der Waals surface area contributed by atoms with Crippen molar-refractivity contribution in [3.63, 3.8) is 0 Å². The summed E-state index contributed by atoms with van der Waals surface area (Å²) in [5, 5.41) is 2.67. The molecule has 1 atom stereocenters. The largest absolute Gasteiger partial charge is 0.450 e. The highest BCUT2D eigenvalue weighted by Gasteiger charge is 2.04. The molecule has 1 amide bonds. The monoisotopic (exact) mass is 221 g/mol. The molecule has 0 heterocycles. The summed E-state index contributed by atoms with van der Waals surface area (Å²) in [5.74, 6) is 0.552. The van der Waals surface area contributed by atoms with E-state index in [4.69, 9.17) is 4.74 Å². The molecule has 0 aromatic heterocycles. The molecule has 0 radical (unpaired) electrons. The highest BCUT2D eigenvalue weighted by Crippen LogP contribution is 2.20. The number of rotatable bonds is 4. The van der Waals surface area contributed by atoms with Crippen LogP contribution in [0.4, 0.5) is 10.5 Å². The molecule has 0 bridgehead atoms. The van der Waals surface area contributed by atoms with Gasteiger partial charge in [0, 0.05) is 5.69 Å². The van der Waals surface area contributed by atoms with Gasteiger partial charge in [0.25, 0.3) is 0 Å². The Morgan fingerprint density at radius 2 is 1.94 bits per heavy atom. The van der Waals surface area contributed by atoms with Crippen LogP contribution in [0.3, 0.4) is 0 Å². The summed E-state index contributed by atoms with van der Waals surface area (Å²) >= 11 is 0. The van der Waals surface area contributed by atoms with Crippen molar-refractivity contribution in [1.29, 1.82) is 0 Å². The lowest BCUT2D eigenvalue weighted by Gasteiger charge is -2.10. The fraction of sp³-hybridized carbons (Fsp3) is 0.462. The summed E-state index contributed by atoms with van der Waals surface area (Å²) in [6.45, 7) is 6.52. The Hall–Kier alpha value is -1.51. The maximum atomic E-state index is 11.2. The molecular formula is C13H19NO2. The van der Waals surface area contributed by atoms with Gasteiger partial charge >= 0.3 is 6.09 Å². The van der Waals surface area contributed by atoms with E-state index in [1.165, 1.54) is 5.56 Å². The third kappa shape index (κ3) is 3.57. The van der Waals surface area contributed by atoms with Crippen molar-refractivity contribution in [3.05, 3.63) is 29.8 Å². The van der Waals surface area contributed by atoms with Crippen LogP contribution in [-0.2, 0) is 4.74 Å². The second kappa shape index (κ2) is 6.16. The van der Waals surface area contributed by atoms with Gasteiger partial charge in [0.2, 0.25) is 0 Å². The van der Waals surface area contributed by atoms with E-state index in [9.17, 15) is 4.79 Å². The Morgan fingerprint density at radius 1 is 1.31 bits per heavy atom.